The van der Waals surface area contributed by atoms with E-state index in [4.69, 9.17) is 9.47 Å². The van der Waals surface area contributed by atoms with Crippen molar-refractivity contribution >= 4 is 5.91 Å². The fourth-order valence-electron chi connectivity index (χ4n) is 4.95. The molecule has 3 atom stereocenters. The molecule has 0 radical (unpaired) electrons. The highest BCUT2D eigenvalue weighted by molar-refractivity contribution is 5.86. The van der Waals surface area contributed by atoms with Crippen LogP contribution in [-0.2, 0) is 4.79 Å². The molecule has 2 aromatic carbocycles. The van der Waals surface area contributed by atoms with Gasteiger partial charge in [0.1, 0.15) is 12.7 Å². The molecule has 5 heteroatoms. The highest BCUT2D eigenvalue weighted by atomic mass is 16.6. The molecule has 0 saturated carbocycles. The lowest BCUT2D eigenvalue weighted by molar-refractivity contribution is -0.132. The molecule has 3 aliphatic heterocycles. The molecule has 0 aliphatic carbocycles. The van der Waals surface area contributed by atoms with Crippen molar-refractivity contribution in [2.45, 2.75) is 37.3 Å². The quantitative estimate of drug-likeness (QED) is 0.801. The zero-order chi connectivity index (χ0) is 19.6. The van der Waals surface area contributed by atoms with Crippen LogP contribution in [0.25, 0.3) is 0 Å². The largest absolute Gasteiger partial charge is 0.486 e. The van der Waals surface area contributed by atoms with E-state index in [-0.39, 0.29) is 12.0 Å². The summed E-state index contributed by atoms with van der Waals surface area (Å²) in [6.45, 7) is 4.27. The SMILES string of the molecule is O=C1C(c2ccccc2)CCN1C1CCCN(CC2COc3ccccc3O2)C1. The molecule has 2 saturated heterocycles. The van der Waals surface area contributed by atoms with Crippen molar-refractivity contribution in [1.82, 2.24) is 9.80 Å². The zero-order valence-electron chi connectivity index (χ0n) is 16.7. The van der Waals surface area contributed by atoms with Gasteiger partial charge in [-0.3, -0.25) is 9.69 Å². The molecule has 29 heavy (non-hydrogen) atoms. The molecule has 5 nitrogen and oxygen atoms in total. The Kier molecular flexibility index (Phi) is 5.15. The smallest absolute Gasteiger partial charge is 0.230 e. The lowest BCUT2D eigenvalue weighted by Crippen LogP contribution is -2.51. The Morgan fingerprint density at radius 1 is 0.931 bits per heavy atom. The van der Waals surface area contributed by atoms with Gasteiger partial charge in [0.25, 0.3) is 0 Å². The van der Waals surface area contributed by atoms with Crippen LogP contribution in [0.2, 0.25) is 0 Å². The molecule has 0 bridgehead atoms. The summed E-state index contributed by atoms with van der Waals surface area (Å²) in [5.41, 5.74) is 1.15. The minimum absolute atomic E-state index is 0.0261. The van der Waals surface area contributed by atoms with Crippen LogP contribution in [0.5, 0.6) is 11.5 Å². The summed E-state index contributed by atoms with van der Waals surface area (Å²) in [6.07, 6.45) is 3.17. The fraction of sp³-hybridized carbons (Fsp3) is 0.458. The summed E-state index contributed by atoms with van der Waals surface area (Å²) in [6, 6.07) is 18.4. The number of fused-ring (bicyclic) bond motifs is 1. The number of hydrogen-bond acceptors (Lipinski definition) is 4. The van der Waals surface area contributed by atoms with Crippen molar-refractivity contribution < 1.29 is 14.3 Å². The predicted molar refractivity (Wildman–Crippen MR) is 111 cm³/mol. The maximum absolute atomic E-state index is 13.1. The van der Waals surface area contributed by atoms with Crippen molar-refractivity contribution in [3.63, 3.8) is 0 Å². The first-order chi connectivity index (χ1) is 14.3. The van der Waals surface area contributed by atoms with Crippen LogP contribution in [0.3, 0.4) is 0 Å². The van der Waals surface area contributed by atoms with Crippen molar-refractivity contribution in [3.05, 3.63) is 60.2 Å². The zero-order valence-corrected chi connectivity index (χ0v) is 16.7. The minimum Gasteiger partial charge on any atom is -0.486 e. The number of carbonyl (C=O) groups is 1. The Morgan fingerprint density at radius 3 is 2.59 bits per heavy atom. The Bertz CT molecular complexity index is 856. The molecule has 0 N–H and O–H groups in total. The Hall–Kier alpha value is -2.53. The number of benzene rings is 2. The second-order valence-corrected chi connectivity index (χ2v) is 8.34. The van der Waals surface area contributed by atoms with Crippen LogP contribution in [0.15, 0.2) is 54.6 Å². The number of amides is 1. The standard InChI is InChI=1S/C24H28N2O3/c27-24-21(18-7-2-1-3-8-18)12-14-26(24)19-9-6-13-25(15-19)16-20-17-28-22-10-4-5-11-23(22)29-20/h1-5,7-8,10-11,19-21H,6,9,12-17H2. The van der Waals surface area contributed by atoms with Crippen LogP contribution in [-0.4, -0.2) is 60.6 Å². The van der Waals surface area contributed by atoms with Gasteiger partial charge in [-0.25, -0.2) is 0 Å². The molecule has 1 amide bonds. The van der Waals surface area contributed by atoms with E-state index >= 15 is 0 Å². The number of carbonyl (C=O) groups excluding carboxylic acids is 1. The van der Waals surface area contributed by atoms with E-state index in [1.54, 1.807) is 0 Å². The average Bonchev–Trinajstić information content (AvgIpc) is 3.16. The molecule has 5 rings (SSSR count). The van der Waals surface area contributed by atoms with E-state index in [1.165, 1.54) is 0 Å². The fourth-order valence-corrected chi connectivity index (χ4v) is 4.95. The lowest BCUT2D eigenvalue weighted by Gasteiger charge is -2.39. The summed E-state index contributed by atoms with van der Waals surface area (Å²) in [5.74, 6) is 1.99. The molecule has 3 aliphatic rings. The second-order valence-electron chi connectivity index (χ2n) is 8.34. The molecular formula is C24H28N2O3. The number of hydrogen-bond donors (Lipinski definition) is 0. The van der Waals surface area contributed by atoms with Crippen molar-refractivity contribution in [1.29, 1.82) is 0 Å². The first-order valence-electron chi connectivity index (χ1n) is 10.7. The van der Waals surface area contributed by atoms with E-state index in [0.29, 0.717) is 18.6 Å². The third-order valence-corrected chi connectivity index (χ3v) is 6.39. The maximum atomic E-state index is 13.1. The number of piperidine rings is 1. The third kappa shape index (κ3) is 3.84. The van der Waals surface area contributed by atoms with Gasteiger partial charge >= 0.3 is 0 Å². The molecule has 3 unspecified atom stereocenters. The first kappa shape index (κ1) is 18.5. The number of likely N-dealkylation sites (tertiary alicyclic amines) is 2. The predicted octanol–water partition coefficient (Wildman–Crippen LogP) is 3.31. The van der Waals surface area contributed by atoms with E-state index in [0.717, 1.165) is 62.5 Å². The molecule has 3 heterocycles. The monoisotopic (exact) mass is 392 g/mol. The number of nitrogens with zero attached hydrogens (tertiary/aromatic N) is 2. The molecule has 2 fully saturated rings. The summed E-state index contributed by atoms with van der Waals surface area (Å²) < 4.78 is 12.0. The summed E-state index contributed by atoms with van der Waals surface area (Å²) >= 11 is 0. The van der Waals surface area contributed by atoms with E-state index in [9.17, 15) is 4.79 Å². The summed E-state index contributed by atoms with van der Waals surface area (Å²) in [4.78, 5) is 17.7. The number of rotatable bonds is 4. The van der Waals surface area contributed by atoms with Gasteiger partial charge in [-0.05, 0) is 43.5 Å². The molecular weight excluding hydrogens is 364 g/mol. The second kappa shape index (κ2) is 8.07. The number of ether oxygens (including phenoxy) is 2. The first-order valence-corrected chi connectivity index (χ1v) is 10.7. The summed E-state index contributed by atoms with van der Waals surface area (Å²) in [7, 11) is 0. The molecule has 0 aromatic heterocycles. The van der Waals surface area contributed by atoms with Crippen LogP contribution < -0.4 is 9.47 Å². The number of para-hydroxylation sites is 2. The van der Waals surface area contributed by atoms with Gasteiger partial charge in [0.05, 0.1) is 5.92 Å². The minimum atomic E-state index is 0.0261. The van der Waals surface area contributed by atoms with E-state index in [2.05, 4.69) is 21.9 Å². The van der Waals surface area contributed by atoms with Crippen molar-refractivity contribution in [3.8, 4) is 11.5 Å². The van der Waals surface area contributed by atoms with Crippen LogP contribution >= 0.6 is 0 Å². The normalized spacial score (nSPS) is 27.2. The van der Waals surface area contributed by atoms with E-state index in [1.807, 2.05) is 42.5 Å². The van der Waals surface area contributed by atoms with Gasteiger partial charge in [-0.2, -0.15) is 0 Å². The molecule has 152 valence electrons. The van der Waals surface area contributed by atoms with Crippen LogP contribution in [0, 0.1) is 0 Å². The highest BCUT2D eigenvalue weighted by Crippen LogP contribution is 2.33. The topological polar surface area (TPSA) is 42.0 Å². The molecule has 0 spiro atoms. The van der Waals surface area contributed by atoms with Gasteiger partial charge in [-0.1, -0.05) is 42.5 Å². The Balaban J connectivity index is 1.20. The summed E-state index contributed by atoms with van der Waals surface area (Å²) in [5, 5.41) is 0. The Morgan fingerprint density at radius 2 is 1.72 bits per heavy atom. The lowest BCUT2D eigenvalue weighted by atomic mass is 9.97. The maximum Gasteiger partial charge on any atom is 0.230 e. The van der Waals surface area contributed by atoms with Gasteiger partial charge < -0.3 is 14.4 Å². The Labute approximate surface area is 172 Å². The van der Waals surface area contributed by atoms with Crippen molar-refractivity contribution in [2.75, 3.05) is 32.8 Å². The van der Waals surface area contributed by atoms with Gasteiger partial charge in [0.15, 0.2) is 11.5 Å². The van der Waals surface area contributed by atoms with E-state index < -0.39 is 0 Å². The van der Waals surface area contributed by atoms with Gasteiger partial charge in [-0.15, -0.1) is 0 Å². The van der Waals surface area contributed by atoms with Crippen LogP contribution in [0.4, 0.5) is 0 Å². The van der Waals surface area contributed by atoms with Gasteiger partial charge in [0, 0.05) is 25.7 Å². The van der Waals surface area contributed by atoms with Gasteiger partial charge in [0.2, 0.25) is 5.91 Å². The third-order valence-electron chi connectivity index (χ3n) is 6.39. The average molecular weight is 392 g/mol. The molecule has 2 aromatic rings. The highest BCUT2D eigenvalue weighted by Gasteiger charge is 2.38. The van der Waals surface area contributed by atoms with Crippen molar-refractivity contribution in [2.24, 2.45) is 0 Å². The van der Waals surface area contributed by atoms with Crippen LogP contribution in [0.1, 0.15) is 30.7 Å².